The van der Waals surface area contributed by atoms with Gasteiger partial charge >= 0.3 is 0 Å². The molecule has 0 spiro atoms. The number of fused-ring (bicyclic) bond motifs is 16. The molecule has 4 aromatic heterocycles. The zero-order chi connectivity index (χ0) is 60.1. The minimum Gasteiger partial charge on any atom is -0.309 e. The average molecular weight is 1170 g/mol. The lowest BCUT2D eigenvalue weighted by atomic mass is 9.98. The molecule has 0 aliphatic heterocycles. The summed E-state index contributed by atoms with van der Waals surface area (Å²) in [5, 5.41) is 19.6. The number of para-hydroxylation sites is 2. The summed E-state index contributed by atoms with van der Waals surface area (Å²) in [6.45, 7) is 0. The smallest absolute Gasteiger partial charge is 0.0547 e. The Balaban J connectivity index is 0.759. The van der Waals surface area contributed by atoms with Gasteiger partial charge in [0.1, 0.15) is 0 Å². The van der Waals surface area contributed by atoms with Crippen molar-refractivity contribution in [1.82, 2.24) is 18.3 Å². The van der Waals surface area contributed by atoms with E-state index in [0.29, 0.717) is 0 Å². The molecule has 4 nitrogen and oxygen atoms in total. The molecule has 0 amide bonds. The van der Waals surface area contributed by atoms with E-state index in [1.807, 2.05) is 0 Å². The van der Waals surface area contributed by atoms with E-state index in [-0.39, 0.29) is 0 Å². The van der Waals surface area contributed by atoms with Crippen molar-refractivity contribution < 1.29 is 0 Å². The second-order valence-electron chi connectivity index (χ2n) is 24.8. The topological polar surface area (TPSA) is 19.7 Å². The fourth-order valence-electron chi connectivity index (χ4n) is 15.6. The molecule has 4 heteroatoms. The van der Waals surface area contributed by atoms with Gasteiger partial charge in [0.2, 0.25) is 0 Å². The van der Waals surface area contributed by atoms with Crippen molar-refractivity contribution in [3.63, 3.8) is 0 Å². The van der Waals surface area contributed by atoms with E-state index < -0.39 is 0 Å². The van der Waals surface area contributed by atoms with Crippen LogP contribution in [0.25, 0.3) is 186 Å². The lowest BCUT2D eigenvalue weighted by Gasteiger charge is -2.13. The van der Waals surface area contributed by atoms with E-state index in [1.165, 1.54) is 153 Å². The lowest BCUT2D eigenvalue weighted by Crippen LogP contribution is -1.95. The Morgan fingerprint density at radius 2 is 0.435 bits per heavy atom. The molecule has 20 aromatic rings. The third kappa shape index (κ3) is 7.59. The van der Waals surface area contributed by atoms with Crippen molar-refractivity contribution in [1.29, 1.82) is 0 Å². The Kier molecular flexibility index (Phi) is 10.8. The van der Waals surface area contributed by atoms with Crippen LogP contribution in [0.5, 0.6) is 0 Å². The number of nitrogens with zero attached hydrogens (tertiary/aromatic N) is 4. The number of benzene rings is 16. The summed E-state index contributed by atoms with van der Waals surface area (Å²) < 4.78 is 9.84. The molecule has 0 aliphatic carbocycles. The van der Waals surface area contributed by atoms with E-state index in [2.05, 4.69) is 346 Å². The summed E-state index contributed by atoms with van der Waals surface area (Å²) in [6, 6.07) is 122. The molecule has 20 rings (SSSR count). The standard InChI is InChI=1S/C88H54N4/c1-3-19-59-47-67(39-31-55(59)15-1)89-81-27-11-9-25-71(81)74-49-61(34-42-83(74)89)64-35-43-84-77(52-64)78-53-65(36-44-85(78)90(84)68-40-32-56-16-2-4-20-60(56)48-68)66-33-41-73-76-51-63(38-46-87(76)92(88(73)54-66)80-30-14-22-58-18-6-8-24-70(58)80)62-37-45-86-75(50-62)72-26-10-12-28-82(72)91(86)79-29-13-21-57-17-5-7-23-69(57)79/h1-54H. The second-order valence-corrected chi connectivity index (χ2v) is 24.8. The van der Waals surface area contributed by atoms with E-state index in [4.69, 9.17) is 0 Å². The second kappa shape index (κ2) is 19.6. The van der Waals surface area contributed by atoms with Gasteiger partial charge in [-0.05, 0) is 181 Å². The Morgan fingerprint density at radius 1 is 0.141 bits per heavy atom. The fraction of sp³-hybridized carbons (Fsp3) is 0. The Bertz CT molecular complexity index is 6510. The first kappa shape index (κ1) is 50.7. The van der Waals surface area contributed by atoms with Gasteiger partial charge in [0, 0.05) is 65.2 Å². The van der Waals surface area contributed by atoms with Crippen molar-refractivity contribution in [3.8, 4) is 56.1 Å². The van der Waals surface area contributed by atoms with Crippen LogP contribution in [0.15, 0.2) is 328 Å². The van der Waals surface area contributed by atoms with Crippen LogP contribution in [-0.2, 0) is 0 Å². The van der Waals surface area contributed by atoms with E-state index in [0.717, 1.165) is 33.7 Å². The maximum absolute atomic E-state index is 2.51. The highest BCUT2D eigenvalue weighted by atomic mass is 15.0. The van der Waals surface area contributed by atoms with Gasteiger partial charge in [-0.3, -0.25) is 0 Å². The predicted molar refractivity (Wildman–Crippen MR) is 390 cm³/mol. The van der Waals surface area contributed by atoms with Crippen LogP contribution >= 0.6 is 0 Å². The first-order valence-electron chi connectivity index (χ1n) is 31.8. The van der Waals surface area contributed by atoms with Gasteiger partial charge in [-0.15, -0.1) is 0 Å². The molecule has 0 unspecified atom stereocenters. The van der Waals surface area contributed by atoms with Crippen LogP contribution in [-0.4, -0.2) is 18.3 Å². The highest BCUT2D eigenvalue weighted by Gasteiger charge is 2.22. The van der Waals surface area contributed by atoms with Crippen molar-refractivity contribution in [2.75, 3.05) is 0 Å². The molecule has 0 saturated heterocycles. The Hall–Kier alpha value is -12.2. The highest BCUT2D eigenvalue weighted by Crippen LogP contribution is 2.44. The molecule has 0 N–H and O–H groups in total. The maximum atomic E-state index is 2.51. The molecule has 0 saturated carbocycles. The third-order valence-electron chi connectivity index (χ3n) is 19.9. The first-order chi connectivity index (χ1) is 45.6. The van der Waals surface area contributed by atoms with Crippen LogP contribution in [0.2, 0.25) is 0 Å². The molecule has 4 heterocycles. The van der Waals surface area contributed by atoms with Gasteiger partial charge in [-0.2, -0.15) is 0 Å². The van der Waals surface area contributed by atoms with Gasteiger partial charge in [0.15, 0.2) is 0 Å². The summed E-state index contributed by atoms with van der Waals surface area (Å²) in [6.07, 6.45) is 0. The zero-order valence-electron chi connectivity index (χ0n) is 50.0. The van der Waals surface area contributed by atoms with E-state index >= 15 is 0 Å². The third-order valence-corrected chi connectivity index (χ3v) is 19.9. The highest BCUT2D eigenvalue weighted by molar-refractivity contribution is 6.17. The maximum Gasteiger partial charge on any atom is 0.0547 e. The summed E-state index contributed by atoms with van der Waals surface area (Å²) in [4.78, 5) is 0. The van der Waals surface area contributed by atoms with Gasteiger partial charge in [0.25, 0.3) is 0 Å². The molecule has 0 bridgehead atoms. The summed E-state index contributed by atoms with van der Waals surface area (Å²) in [5.41, 5.74) is 21.2. The molecule has 0 aliphatic rings. The molecule has 92 heavy (non-hydrogen) atoms. The van der Waals surface area contributed by atoms with Gasteiger partial charge in [-0.25, -0.2) is 0 Å². The number of rotatable bonds is 7. The summed E-state index contributed by atoms with van der Waals surface area (Å²) in [7, 11) is 0. The number of hydrogen-bond acceptors (Lipinski definition) is 0. The average Bonchev–Trinajstić information content (AvgIpc) is 1.60. The van der Waals surface area contributed by atoms with Crippen molar-refractivity contribution in [2.24, 2.45) is 0 Å². The van der Waals surface area contributed by atoms with Crippen LogP contribution in [0.3, 0.4) is 0 Å². The van der Waals surface area contributed by atoms with Crippen LogP contribution in [0.1, 0.15) is 0 Å². The normalized spacial score (nSPS) is 12.1. The van der Waals surface area contributed by atoms with Gasteiger partial charge in [-0.1, -0.05) is 212 Å². The quantitative estimate of drug-likeness (QED) is 0.152. The monoisotopic (exact) mass is 1170 g/mol. The SMILES string of the molecule is c1ccc2cc(-n3c4ccccc4c4cc(-c5ccc6c(c5)c5cc(-c7ccc8c9cc(-c%10ccc%11c(c%10)c%10ccccc%10n%11-c%10cccc%11ccccc%10%11)ccc9n(-c9cccc%10ccccc9%10)c8c7)ccc5n6-c5ccc6ccccc6c5)ccc43)ccc2c1. The van der Waals surface area contributed by atoms with Gasteiger partial charge in [0.05, 0.1) is 55.5 Å². The van der Waals surface area contributed by atoms with E-state index in [1.54, 1.807) is 0 Å². The summed E-state index contributed by atoms with van der Waals surface area (Å²) in [5.74, 6) is 0. The zero-order valence-corrected chi connectivity index (χ0v) is 50.0. The lowest BCUT2D eigenvalue weighted by molar-refractivity contribution is 1.18. The van der Waals surface area contributed by atoms with Crippen LogP contribution in [0, 0.1) is 0 Å². The van der Waals surface area contributed by atoms with Crippen molar-refractivity contribution in [2.45, 2.75) is 0 Å². The number of aromatic nitrogens is 4. The molecule has 0 fully saturated rings. The fourth-order valence-corrected chi connectivity index (χ4v) is 15.6. The van der Waals surface area contributed by atoms with Crippen molar-refractivity contribution >= 4 is 130 Å². The molecular weight excluding hydrogens is 1110 g/mol. The van der Waals surface area contributed by atoms with Gasteiger partial charge < -0.3 is 18.3 Å². The molecular formula is C88H54N4. The molecule has 0 atom stereocenters. The summed E-state index contributed by atoms with van der Waals surface area (Å²) >= 11 is 0. The Morgan fingerprint density at radius 3 is 0.880 bits per heavy atom. The van der Waals surface area contributed by atoms with Crippen LogP contribution < -0.4 is 0 Å². The first-order valence-corrected chi connectivity index (χ1v) is 31.8. The van der Waals surface area contributed by atoms with E-state index in [9.17, 15) is 0 Å². The minimum absolute atomic E-state index is 1.14. The van der Waals surface area contributed by atoms with Crippen LogP contribution in [0.4, 0.5) is 0 Å². The largest absolute Gasteiger partial charge is 0.309 e. The Labute approximate surface area is 529 Å². The minimum atomic E-state index is 1.14. The molecule has 0 radical (unpaired) electrons. The van der Waals surface area contributed by atoms with Crippen molar-refractivity contribution in [3.05, 3.63) is 328 Å². The molecule has 426 valence electrons. The molecule has 16 aromatic carbocycles. The predicted octanol–water partition coefficient (Wildman–Crippen LogP) is 23.7. The number of hydrogen-bond donors (Lipinski definition) is 0.